The van der Waals surface area contributed by atoms with Gasteiger partial charge in [-0.2, -0.15) is 4.31 Å². The Balaban J connectivity index is 2.49. The molecule has 1 fully saturated rings. The molecule has 0 bridgehead atoms. The molecule has 1 amide bonds. The molecule has 7 heteroatoms. The maximum Gasteiger partial charge on any atom is 0.409 e. The lowest BCUT2D eigenvalue weighted by Crippen LogP contribution is -2.51. The first kappa shape index (κ1) is 13.2. The molecule has 0 saturated carbocycles. The largest absolute Gasteiger partial charge is 0.450 e. The van der Waals surface area contributed by atoms with Crippen LogP contribution in [0.3, 0.4) is 0 Å². The van der Waals surface area contributed by atoms with Gasteiger partial charge in [-0.3, -0.25) is 0 Å². The zero-order valence-electron chi connectivity index (χ0n) is 9.39. The predicted octanol–water partition coefficient (Wildman–Crippen LogP) is -0.0756. The summed E-state index contributed by atoms with van der Waals surface area (Å²) in [6.07, 6.45) is -0.380. The molecule has 1 radical (unpaired) electrons. The van der Waals surface area contributed by atoms with Crippen molar-refractivity contribution in [3.05, 3.63) is 6.92 Å². The van der Waals surface area contributed by atoms with Gasteiger partial charge < -0.3 is 9.64 Å². The number of nitrogens with zero attached hydrogens (tertiary/aromatic N) is 2. The number of sulfonamides is 1. The Bertz CT molecular complexity index is 333. The zero-order valence-corrected chi connectivity index (χ0v) is 10.2. The zero-order chi connectivity index (χ0) is 12.2. The first-order valence-electron chi connectivity index (χ1n) is 5.20. The lowest BCUT2D eigenvalue weighted by Gasteiger charge is -2.32. The number of hydrogen-bond acceptors (Lipinski definition) is 4. The van der Waals surface area contributed by atoms with Crippen LogP contribution in [0.2, 0.25) is 0 Å². The van der Waals surface area contributed by atoms with Crippen molar-refractivity contribution in [2.45, 2.75) is 6.92 Å². The molecule has 1 saturated heterocycles. The van der Waals surface area contributed by atoms with Gasteiger partial charge in [0.15, 0.2) is 0 Å². The second-order valence-electron chi connectivity index (χ2n) is 3.40. The number of rotatable bonds is 3. The first-order chi connectivity index (χ1) is 7.51. The first-order valence-corrected chi connectivity index (χ1v) is 6.81. The van der Waals surface area contributed by atoms with Gasteiger partial charge in [0.25, 0.3) is 0 Å². The fourth-order valence-electron chi connectivity index (χ4n) is 1.49. The van der Waals surface area contributed by atoms with Crippen molar-refractivity contribution in [2.24, 2.45) is 0 Å². The summed E-state index contributed by atoms with van der Waals surface area (Å²) in [7, 11) is -3.24. The SMILES string of the molecule is [CH2]CS(=O)(=O)N1CCN(C(=O)OCC)CC1. The maximum atomic E-state index is 11.5. The van der Waals surface area contributed by atoms with Gasteiger partial charge in [0.1, 0.15) is 0 Å². The van der Waals surface area contributed by atoms with Crippen LogP contribution in [0.4, 0.5) is 4.79 Å². The topological polar surface area (TPSA) is 66.9 Å². The Morgan fingerprint density at radius 2 is 1.88 bits per heavy atom. The standard InChI is InChI=1S/C9H17N2O4S/c1-3-15-9(12)10-5-7-11(8-6-10)16(13,14)4-2/h2-8H2,1H3. The van der Waals surface area contributed by atoms with Crippen LogP contribution in [-0.4, -0.2) is 62.3 Å². The summed E-state index contributed by atoms with van der Waals surface area (Å²) in [5, 5.41) is 0. The highest BCUT2D eigenvalue weighted by Crippen LogP contribution is 2.08. The summed E-state index contributed by atoms with van der Waals surface area (Å²) in [5.74, 6) is -0.146. The molecular weight excluding hydrogens is 232 g/mol. The molecule has 0 atom stereocenters. The van der Waals surface area contributed by atoms with Crippen LogP contribution in [0.25, 0.3) is 0 Å². The Hall–Kier alpha value is -0.820. The molecule has 6 nitrogen and oxygen atoms in total. The quantitative estimate of drug-likeness (QED) is 0.702. The Morgan fingerprint density at radius 3 is 2.31 bits per heavy atom. The summed E-state index contributed by atoms with van der Waals surface area (Å²) in [6.45, 7) is 6.83. The van der Waals surface area contributed by atoms with E-state index in [-0.39, 0.29) is 11.8 Å². The highest BCUT2D eigenvalue weighted by atomic mass is 32.2. The minimum absolute atomic E-state index is 0.146. The van der Waals surface area contributed by atoms with Crippen LogP contribution in [0, 0.1) is 6.92 Å². The van der Waals surface area contributed by atoms with Crippen molar-refractivity contribution in [3.63, 3.8) is 0 Å². The molecule has 0 N–H and O–H groups in total. The summed E-state index contributed by atoms with van der Waals surface area (Å²) >= 11 is 0. The second-order valence-corrected chi connectivity index (χ2v) is 5.49. The van der Waals surface area contributed by atoms with Crippen molar-refractivity contribution in [1.82, 2.24) is 9.21 Å². The van der Waals surface area contributed by atoms with E-state index in [1.54, 1.807) is 6.92 Å². The summed E-state index contributed by atoms with van der Waals surface area (Å²) < 4.78 is 29.2. The second kappa shape index (κ2) is 5.49. The third-order valence-corrected chi connectivity index (χ3v) is 4.08. The Kier molecular flexibility index (Phi) is 4.55. The predicted molar refractivity (Wildman–Crippen MR) is 59.3 cm³/mol. The van der Waals surface area contributed by atoms with Gasteiger partial charge in [-0.05, 0) is 13.8 Å². The van der Waals surface area contributed by atoms with Crippen molar-refractivity contribution in [3.8, 4) is 0 Å². The van der Waals surface area contributed by atoms with Gasteiger partial charge in [0.05, 0.1) is 12.4 Å². The van der Waals surface area contributed by atoms with Crippen LogP contribution in [0.5, 0.6) is 0 Å². The number of ether oxygens (including phenoxy) is 1. The summed E-state index contributed by atoms with van der Waals surface area (Å²) in [5.41, 5.74) is 0. The van der Waals surface area contributed by atoms with E-state index >= 15 is 0 Å². The lowest BCUT2D eigenvalue weighted by atomic mass is 10.4. The highest BCUT2D eigenvalue weighted by molar-refractivity contribution is 7.89. The van der Waals surface area contributed by atoms with Gasteiger partial charge in [-0.1, -0.05) is 0 Å². The molecule has 0 aromatic heterocycles. The van der Waals surface area contributed by atoms with Gasteiger partial charge in [0, 0.05) is 26.2 Å². The van der Waals surface area contributed by atoms with E-state index < -0.39 is 10.0 Å². The molecule has 1 rings (SSSR count). The molecule has 16 heavy (non-hydrogen) atoms. The van der Waals surface area contributed by atoms with Crippen LogP contribution >= 0.6 is 0 Å². The average Bonchev–Trinajstić information content (AvgIpc) is 2.29. The minimum Gasteiger partial charge on any atom is -0.450 e. The van der Waals surface area contributed by atoms with Gasteiger partial charge in [-0.25, -0.2) is 13.2 Å². The number of piperazine rings is 1. The van der Waals surface area contributed by atoms with Crippen molar-refractivity contribution >= 4 is 16.1 Å². The maximum absolute atomic E-state index is 11.5. The summed E-state index contributed by atoms with van der Waals surface area (Å²) in [6, 6.07) is 0. The monoisotopic (exact) mass is 249 g/mol. The molecule has 1 heterocycles. The molecular formula is C9H17N2O4S. The smallest absolute Gasteiger partial charge is 0.409 e. The molecule has 1 aliphatic heterocycles. The van der Waals surface area contributed by atoms with E-state index in [1.807, 2.05) is 0 Å². The van der Waals surface area contributed by atoms with Crippen molar-refractivity contribution in [1.29, 1.82) is 0 Å². The Labute approximate surface area is 96.2 Å². The molecule has 1 aliphatic rings. The van der Waals surface area contributed by atoms with Gasteiger partial charge in [-0.15, -0.1) is 0 Å². The van der Waals surface area contributed by atoms with E-state index in [0.29, 0.717) is 32.8 Å². The molecule has 0 aliphatic carbocycles. The number of carbonyl (C=O) groups is 1. The minimum atomic E-state index is -3.24. The van der Waals surface area contributed by atoms with Crippen molar-refractivity contribution in [2.75, 3.05) is 38.5 Å². The van der Waals surface area contributed by atoms with E-state index in [0.717, 1.165) is 0 Å². The molecule has 93 valence electrons. The van der Waals surface area contributed by atoms with Crippen LogP contribution in [0.15, 0.2) is 0 Å². The third-order valence-electron chi connectivity index (χ3n) is 2.42. The lowest BCUT2D eigenvalue weighted by molar-refractivity contribution is 0.0934. The number of hydrogen-bond donors (Lipinski definition) is 0. The van der Waals surface area contributed by atoms with Gasteiger partial charge in [0.2, 0.25) is 10.0 Å². The van der Waals surface area contributed by atoms with E-state index in [4.69, 9.17) is 4.74 Å². The number of carbonyl (C=O) groups excluding carboxylic acids is 1. The van der Waals surface area contributed by atoms with E-state index in [1.165, 1.54) is 9.21 Å². The normalized spacial score (nSPS) is 18.5. The average molecular weight is 249 g/mol. The third kappa shape index (κ3) is 3.08. The molecule has 0 aromatic rings. The summed E-state index contributed by atoms with van der Waals surface area (Å²) in [4.78, 5) is 12.9. The van der Waals surface area contributed by atoms with Crippen molar-refractivity contribution < 1.29 is 17.9 Å². The fourth-order valence-corrected chi connectivity index (χ4v) is 2.47. The molecule has 0 unspecified atom stereocenters. The van der Waals surface area contributed by atoms with E-state index in [9.17, 15) is 13.2 Å². The van der Waals surface area contributed by atoms with Crippen LogP contribution < -0.4 is 0 Å². The highest BCUT2D eigenvalue weighted by Gasteiger charge is 2.27. The van der Waals surface area contributed by atoms with Gasteiger partial charge >= 0.3 is 6.09 Å². The molecule has 0 aromatic carbocycles. The van der Waals surface area contributed by atoms with E-state index in [2.05, 4.69) is 6.92 Å². The fraction of sp³-hybridized carbons (Fsp3) is 0.778. The number of amides is 1. The molecule has 0 spiro atoms. The van der Waals surface area contributed by atoms with Crippen LogP contribution in [0.1, 0.15) is 6.92 Å². The van der Waals surface area contributed by atoms with Crippen LogP contribution in [-0.2, 0) is 14.8 Å². The Morgan fingerprint density at radius 1 is 1.31 bits per heavy atom.